The van der Waals surface area contributed by atoms with Gasteiger partial charge < -0.3 is 10.1 Å². The summed E-state index contributed by atoms with van der Waals surface area (Å²) in [5.41, 5.74) is -7.10. The van der Waals surface area contributed by atoms with Gasteiger partial charge in [-0.3, -0.25) is 4.79 Å². The highest BCUT2D eigenvalue weighted by molar-refractivity contribution is 6.07. The van der Waals surface area contributed by atoms with E-state index in [4.69, 9.17) is 0 Å². The smallest absolute Gasteiger partial charge is 0.369 e. The molecule has 1 saturated carbocycles. The van der Waals surface area contributed by atoms with Gasteiger partial charge in [-0.05, 0) is 54.3 Å². The largest absolute Gasteiger partial charge is 0.430 e. The zero-order valence-corrected chi connectivity index (χ0v) is 17.1. The molecule has 1 heterocycles. The summed E-state index contributed by atoms with van der Waals surface area (Å²) >= 11 is 0. The van der Waals surface area contributed by atoms with E-state index in [9.17, 15) is 36.2 Å². The van der Waals surface area contributed by atoms with Crippen LogP contribution in [-0.2, 0) is 5.60 Å². The summed E-state index contributed by atoms with van der Waals surface area (Å²) in [5, 5.41) is 10.8. The van der Waals surface area contributed by atoms with Crippen LogP contribution in [-0.4, -0.2) is 22.4 Å². The van der Waals surface area contributed by atoms with Crippen LogP contribution in [0, 0.1) is 6.92 Å². The molecule has 3 aromatic rings. The van der Waals surface area contributed by atoms with E-state index < -0.39 is 35.0 Å². The summed E-state index contributed by atoms with van der Waals surface area (Å²) in [6, 6.07) is 7.22. The highest BCUT2D eigenvalue weighted by Crippen LogP contribution is 2.54. The van der Waals surface area contributed by atoms with Gasteiger partial charge in [-0.1, -0.05) is 37.5 Å². The van der Waals surface area contributed by atoms with Gasteiger partial charge in [0.15, 0.2) is 0 Å². The molecule has 0 saturated heterocycles. The molecule has 0 atom stereocenters. The Kier molecular flexibility index (Phi) is 5.31. The highest BCUT2D eigenvalue weighted by Gasteiger charge is 2.72. The molecule has 32 heavy (non-hydrogen) atoms. The summed E-state index contributed by atoms with van der Waals surface area (Å²) < 4.78 is 83.8. The Bertz CT molecular complexity index is 1220. The Labute approximate surface area is 179 Å². The fourth-order valence-corrected chi connectivity index (χ4v) is 5.04. The minimum atomic E-state index is -5.99. The van der Waals surface area contributed by atoms with Crippen LogP contribution in [0.25, 0.3) is 21.7 Å². The average Bonchev–Trinajstić information content (AvgIpc) is 2.72. The lowest BCUT2D eigenvalue weighted by atomic mass is 9.75. The van der Waals surface area contributed by atoms with Crippen LogP contribution in [0.15, 0.2) is 35.1 Å². The number of hydrogen-bond donors (Lipinski definition) is 2. The van der Waals surface area contributed by atoms with Gasteiger partial charge in [0.1, 0.15) is 0 Å². The Hall–Kier alpha value is -2.55. The van der Waals surface area contributed by atoms with Crippen molar-refractivity contribution in [3.8, 4) is 0 Å². The molecule has 172 valence electrons. The van der Waals surface area contributed by atoms with Gasteiger partial charge in [0.2, 0.25) is 0 Å². The van der Waals surface area contributed by atoms with E-state index in [-0.39, 0.29) is 32.8 Å². The Morgan fingerprint density at radius 2 is 1.50 bits per heavy atom. The molecule has 0 amide bonds. The lowest BCUT2D eigenvalue weighted by Crippen LogP contribution is -2.55. The van der Waals surface area contributed by atoms with E-state index in [1.54, 1.807) is 12.1 Å². The SMILES string of the molecule is Cc1c(C(O)(C(F)(F)F)C(F)(F)F)c(C2CCCCC2)cc2[nH]c(=O)c3ccccc3c12. The van der Waals surface area contributed by atoms with Crippen LogP contribution >= 0.6 is 0 Å². The standard InChI is InChI=1S/C23H21F6NO2/c1-12-18-14-9-5-6-10-15(14)20(31)30-17(18)11-16(13-7-3-2-4-8-13)19(12)21(32,22(24,25)26)23(27,28)29/h5-6,9-11,13,32H,2-4,7-8H2,1H3,(H,30,31). The number of alkyl halides is 6. The molecule has 9 heteroatoms. The van der Waals surface area contributed by atoms with Crippen LogP contribution in [0.3, 0.4) is 0 Å². The zero-order chi connectivity index (χ0) is 23.5. The van der Waals surface area contributed by atoms with Crippen LogP contribution in [0.2, 0.25) is 0 Å². The molecule has 4 rings (SSSR count). The number of rotatable bonds is 2. The van der Waals surface area contributed by atoms with Crippen molar-refractivity contribution in [3.05, 3.63) is 57.4 Å². The Morgan fingerprint density at radius 1 is 0.938 bits per heavy atom. The van der Waals surface area contributed by atoms with E-state index in [2.05, 4.69) is 4.98 Å². The van der Waals surface area contributed by atoms with Gasteiger partial charge in [0.25, 0.3) is 11.2 Å². The fraction of sp³-hybridized carbons (Fsp3) is 0.435. The maximum Gasteiger partial charge on any atom is 0.430 e. The topological polar surface area (TPSA) is 53.1 Å². The molecule has 0 aliphatic heterocycles. The molecule has 1 aliphatic carbocycles. The number of fused-ring (bicyclic) bond motifs is 3. The fourth-order valence-electron chi connectivity index (χ4n) is 5.04. The Balaban J connectivity index is 2.21. The van der Waals surface area contributed by atoms with E-state index in [1.165, 1.54) is 18.2 Å². The molecule has 0 spiro atoms. The van der Waals surface area contributed by atoms with Crippen molar-refractivity contribution in [1.29, 1.82) is 0 Å². The van der Waals surface area contributed by atoms with E-state index >= 15 is 0 Å². The maximum absolute atomic E-state index is 14.0. The number of pyridine rings is 1. The van der Waals surface area contributed by atoms with Gasteiger partial charge in [0.05, 0.1) is 0 Å². The summed E-state index contributed by atoms with van der Waals surface area (Å²) in [7, 11) is 0. The normalized spacial score (nSPS) is 16.8. The van der Waals surface area contributed by atoms with Crippen molar-refractivity contribution in [3.63, 3.8) is 0 Å². The van der Waals surface area contributed by atoms with Gasteiger partial charge in [0, 0.05) is 21.9 Å². The third kappa shape index (κ3) is 3.29. The third-order valence-electron chi connectivity index (χ3n) is 6.52. The van der Waals surface area contributed by atoms with Crippen LogP contribution in [0.4, 0.5) is 26.3 Å². The van der Waals surface area contributed by atoms with E-state index in [1.807, 2.05) is 0 Å². The lowest BCUT2D eigenvalue weighted by molar-refractivity contribution is -0.376. The second kappa shape index (κ2) is 7.50. The molecular formula is C23H21F6NO2. The van der Waals surface area contributed by atoms with E-state index in [0.717, 1.165) is 13.3 Å². The maximum atomic E-state index is 14.0. The molecular weight excluding hydrogens is 436 g/mol. The molecule has 1 aliphatic rings. The third-order valence-corrected chi connectivity index (χ3v) is 6.52. The number of aryl methyl sites for hydroxylation is 1. The van der Waals surface area contributed by atoms with Crippen molar-refractivity contribution >= 4 is 21.7 Å². The lowest BCUT2D eigenvalue weighted by Gasteiger charge is -2.37. The predicted molar refractivity (Wildman–Crippen MR) is 109 cm³/mol. The summed E-state index contributed by atoms with van der Waals surface area (Å²) in [5.74, 6) is -0.590. The van der Waals surface area contributed by atoms with Crippen LogP contribution in [0.1, 0.15) is 54.7 Å². The first-order chi connectivity index (χ1) is 14.9. The number of aliphatic hydroxyl groups is 1. The second-order valence-corrected chi connectivity index (χ2v) is 8.43. The second-order valence-electron chi connectivity index (χ2n) is 8.43. The molecule has 1 fully saturated rings. The van der Waals surface area contributed by atoms with Crippen molar-refractivity contribution in [2.75, 3.05) is 0 Å². The number of benzene rings is 2. The van der Waals surface area contributed by atoms with Crippen molar-refractivity contribution in [2.45, 2.75) is 62.9 Å². The highest BCUT2D eigenvalue weighted by atomic mass is 19.4. The van der Waals surface area contributed by atoms with Gasteiger partial charge in [-0.2, -0.15) is 26.3 Å². The molecule has 0 radical (unpaired) electrons. The quantitative estimate of drug-likeness (QED) is 0.348. The monoisotopic (exact) mass is 457 g/mol. The summed E-state index contributed by atoms with van der Waals surface area (Å²) in [4.78, 5) is 15.1. The first-order valence-corrected chi connectivity index (χ1v) is 10.3. The first-order valence-electron chi connectivity index (χ1n) is 10.3. The number of H-pyrrole nitrogens is 1. The van der Waals surface area contributed by atoms with Crippen LogP contribution in [0.5, 0.6) is 0 Å². The minimum Gasteiger partial charge on any atom is -0.369 e. The van der Waals surface area contributed by atoms with Crippen molar-refractivity contribution in [2.24, 2.45) is 0 Å². The zero-order valence-electron chi connectivity index (χ0n) is 17.1. The molecule has 0 unspecified atom stereocenters. The first kappa shape index (κ1) is 22.6. The van der Waals surface area contributed by atoms with Crippen molar-refractivity contribution in [1.82, 2.24) is 4.98 Å². The number of aromatic nitrogens is 1. The summed E-state index contributed by atoms with van der Waals surface area (Å²) in [6.07, 6.45) is -9.03. The predicted octanol–water partition coefficient (Wildman–Crippen LogP) is 6.35. The molecule has 3 nitrogen and oxygen atoms in total. The van der Waals surface area contributed by atoms with Gasteiger partial charge >= 0.3 is 12.4 Å². The van der Waals surface area contributed by atoms with Gasteiger partial charge in [-0.25, -0.2) is 0 Å². The summed E-state index contributed by atoms with van der Waals surface area (Å²) in [6.45, 7) is 1.15. The molecule has 2 aromatic carbocycles. The number of nitrogens with one attached hydrogen (secondary N) is 1. The van der Waals surface area contributed by atoms with Crippen LogP contribution < -0.4 is 5.56 Å². The Morgan fingerprint density at radius 3 is 2.06 bits per heavy atom. The minimum absolute atomic E-state index is 0.0571. The average molecular weight is 457 g/mol. The molecule has 2 N–H and O–H groups in total. The van der Waals surface area contributed by atoms with Gasteiger partial charge in [-0.15, -0.1) is 0 Å². The molecule has 0 bridgehead atoms. The number of hydrogen-bond acceptors (Lipinski definition) is 2. The number of halogens is 6. The number of aromatic amines is 1. The van der Waals surface area contributed by atoms with Crippen molar-refractivity contribution < 1.29 is 31.4 Å². The van der Waals surface area contributed by atoms with E-state index in [0.29, 0.717) is 25.7 Å². The molecule has 1 aromatic heterocycles.